The van der Waals surface area contributed by atoms with E-state index in [1.165, 1.54) is 12.3 Å². The number of amides is 1. The number of nitriles is 1. The zero-order valence-electron chi connectivity index (χ0n) is 18.9. The van der Waals surface area contributed by atoms with E-state index in [1.807, 2.05) is 19.9 Å². The van der Waals surface area contributed by atoms with Gasteiger partial charge in [-0.05, 0) is 36.2 Å². The van der Waals surface area contributed by atoms with Crippen molar-refractivity contribution < 1.29 is 14.0 Å². The van der Waals surface area contributed by atoms with Crippen molar-refractivity contribution >= 4 is 24.1 Å². The summed E-state index contributed by atoms with van der Waals surface area (Å²) in [7, 11) is 1.59. The molecule has 33 heavy (non-hydrogen) atoms. The van der Waals surface area contributed by atoms with Gasteiger partial charge in [0.05, 0.1) is 23.6 Å². The fourth-order valence-corrected chi connectivity index (χ4v) is 3.49. The van der Waals surface area contributed by atoms with Gasteiger partial charge in [-0.2, -0.15) is 5.26 Å². The summed E-state index contributed by atoms with van der Waals surface area (Å²) >= 11 is 0. The van der Waals surface area contributed by atoms with Crippen molar-refractivity contribution in [2.24, 2.45) is 16.6 Å². The smallest absolute Gasteiger partial charge is 0.233 e. The summed E-state index contributed by atoms with van der Waals surface area (Å²) in [6, 6.07) is 11.6. The highest BCUT2D eigenvalue weighted by molar-refractivity contribution is 5.99. The van der Waals surface area contributed by atoms with E-state index in [0.29, 0.717) is 29.5 Å². The van der Waals surface area contributed by atoms with Crippen LogP contribution in [-0.4, -0.2) is 38.0 Å². The predicted octanol–water partition coefficient (Wildman–Crippen LogP) is 3.39. The standard InChI is InChI=1S/C25H28FN5O2/c1-16(2)13-30-24(19(12-28)14-29-3)23(22-7-5-4-6-18(22)15-32)25(33)31-21-9-17(11-27)8-20(26)10-21/h4-10,12,14-16,23-24,30H,13,28H2,1-3H3,(H,31,33)/t23?,24-/m1/s1. The number of nitrogens with zero attached hydrogens (tertiary/aromatic N) is 2. The van der Waals surface area contributed by atoms with Gasteiger partial charge in [0.2, 0.25) is 5.91 Å². The van der Waals surface area contributed by atoms with Crippen LogP contribution in [-0.2, 0) is 4.79 Å². The molecule has 2 atom stereocenters. The molecule has 0 aliphatic carbocycles. The van der Waals surface area contributed by atoms with Crippen LogP contribution in [0.3, 0.4) is 0 Å². The highest BCUT2D eigenvalue weighted by atomic mass is 19.1. The Morgan fingerprint density at radius 3 is 2.61 bits per heavy atom. The van der Waals surface area contributed by atoms with Gasteiger partial charge < -0.3 is 16.4 Å². The first kappa shape index (κ1) is 25.4. The first-order valence-corrected chi connectivity index (χ1v) is 10.5. The largest absolute Gasteiger partial charge is 0.404 e. The van der Waals surface area contributed by atoms with E-state index in [0.717, 1.165) is 12.1 Å². The fourth-order valence-electron chi connectivity index (χ4n) is 3.49. The first-order valence-electron chi connectivity index (χ1n) is 10.5. The summed E-state index contributed by atoms with van der Waals surface area (Å²) in [5.41, 5.74) is 7.47. The number of nitrogens with two attached hydrogens (primary N) is 1. The molecule has 2 aromatic rings. The normalized spacial score (nSPS) is 13.5. The van der Waals surface area contributed by atoms with E-state index < -0.39 is 23.7 Å². The van der Waals surface area contributed by atoms with Gasteiger partial charge in [0.15, 0.2) is 0 Å². The Labute approximate surface area is 193 Å². The Bertz CT molecular complexity index is 1090. The van der Waals surface area contributed by atoms with Crippen molar-refractivity contribution in [3.63, 3.8) is 0 Å². The van der Waals surface area contributed by atoms with Gasteiger partial charge in [0.25, 0.3) is 0 Å². The monoisotopic (exact) mass is 449 g/mol. The molecule has 1 unspecified atom stereocenters. The lowest BCUT2D eigenvalue weighted by Crippen LogP contribution is -2.44. The molecule has 0 spiro atoms. The number of nitrogens with one attached hydrogen (secondary N) is 2. The molecule has 8 heteroatoms. The quantitative estimate of drug-likeness (QED) is 0.379. The number of aldehydes is 1. The van der Waals surface area contributed by atoms with Gasteiger partial charge >= 0.3 is 0 Å². The second kappa shape index (κ2) is 12.3. The second-order valence-corrected chi connectivity index (χ2v) is 7.89. The molecule has 0 bridgehead atoms. The number of carbonyl (C=O) groups excluding carboxylic acids is 2. The van der Waals surface area contributed by atoms with Crippen molar-refractivity contribution in [2.75, 3.05) is 18.9 Å². The van der Waals surface area contributed by atoms with Gasteiger partial charge in [-0.25, -0.2) is 4.39 Å². The highest BCUT2D eigenvalue weighted by Crippen LogP contribution is 2.29. The minimum Gasteiger partial charge on any atom is -0.404 e. The topological polar surface area (TPSA) is 120 Å². The molecular formula is C25H28FN5O2. The molecule has 2 aromatic carbocycles. The molecule has 0 saturated heterocycles. The van der Waals surface area contributed by atoms with Crippen molar-refractivity contribution in [3.8, 4) is 6.07 Å². The Morgan fingerprint density at radius 2 is 2.00 bits per heavy atom. The number of aliphatic imine (C=N–C) groups is 1. The van der Waals surface area contributed by atoms with E-state index in [-0.39, 0.29) is 17.2 Å². The van der Waals surface area contributed by atoms with Gasteiger partial charge in [0.1, 0.15) is 12.1 Å². The molecule has 0 saturated carbocycles. The first-order chi connectivity index (χ1) is 15.8. The van der Waals surface area contributed by atoms with Gasteiger partial charge in [0, 0.05) is 36.3 Å². The van der Waals surface area contributed by atoms with Gasteiger partial charge in [-0.15, -0.1) is 0 Å². The summed E-state index contributed by atoms with van der Waals surface area (Å²) in [6.07, 6.45) is 3.60. The Hall–Kier alpha value is -3.83. The lowest BCUT2D eigenvalue weighted by atomic mass is 9.83. The molecule has 0 heterocycles. The minimum absolute atomic E-state index is 0.0743. The lowest BCUT2D eigenvalue weighted by Gasteiger charge is -2.30. The van der Waals surface area contributed by atoms with E-state index in [1.54, 1.807) is 37.5 Å². The number of hydrogen-bond acceptors (Lipinski definition) is 6. The molecular weight excluding hydrogens is 421 g/mol. The average molecular weight is 450 g/mol. The lowest BCUT2D eigenvalue weighted by molar-refractivity contribution is -0.118. The van der Waals surface area contributed by atoms with Crippen molar-refractivity contribution in [2.45, 2.75) is 25.8 Å². The summed E-state index contributed by atoms with van der Waals surface area (Å²) in [4.78, 5) is 29.5. The Morgan fingerprint density at radius 1 is 1.27 bits per heavy atom. The summed E-state index contributed by atoms with van der Waals surface area (Å²) in [5.74, 6) is -1.79. The van der Waals surface area contributed by atoms with E-state index >= 15 is 0 Å². The number of halogens is 1. The van der Waals surface area contributed by atoms with Crippen LogP contribution >= 0.6 is 0 Å². The zero-order chi connectivity index (χ0) is 24.4. The number of carbonyl (C=O) groups is 2. The van der Waals surface area contributed by atoms with Crippen LogP contribution in [0.2, 0.25) is 0 Å². The van der Waals surface area contributed by atoms with Crippen molar-refractivity contribution in [1.29, 1.82) is 5.26 Å². The van der Waals surface area contributed by atoms with Crippen LogP contribution in [0.25, 0.3) is 0 Å². The maximum absolute atomic E-state index is 14.0. The summed E-state index contributed by atoms with van der Waals surface area (Å²) < 4.78 is 14.0. The number of hydrogen-bond donors (Lipinski definition) is 3. The summed E-state index contributed by atoms with van der Waals surface area (Å²) in [6.45, 7) is 4.61. The molecule has 0 fully saturated rings. The predicted molar refractivity (Wildman–Crippen MR) is 128 cm³/mol. The van der Waals surface area contributed by atoms with Crippen LogP contribution in [0.4, 0.5) is 10.1 Å². The summed E-state index contributed by atoms with van der Waals surface area (Å²) in [5, 5.41) is 15.2. The molecule has 1 amide bonds. The van der Waals surface area contributed by atoms with Gasteiger partial charge in [-0.3, -0.25) is 14.6 Å². The maximum Gasteiger partial charge on any atom is 0.233 e. The van der Waals surface area contributed by atoms with Gasteiger partial charge in [-0.1, -0.05) is 38.1 Å². The SMILES string of the molecule is CN=CC(=CN)[C@@H](NCC(C)C)C(C(=O)Nc1cc(F)cc(C#N)c1)c1ccccc1C=O. The van der Waals surface area contributed by atoms with Crippen LogP contribution in [0.1, 0.15) is 41.3 Å². The van der Waals surface area contributed by atoms with E-state index in [9.17, 15) is 14.0 Å². The molecule has 0 radical (unpaired) electrons. The second-order valence-electron chi connectivity index (χ2n) is 7.89. The average Bonchev–Trinajstić information content (AvgIpc) is 2.79. The van der Waals surface area contributed by atoms with Crippen LogP contribution in [0, 0.1) is 23.1 Å². The number of anilines is 1. The Balaban J connectivity index is 2.62. The van der Waals surface area contributed by atoms with Crippen molar-refractivity contribution in [3.05, 3.63) is 76.7 Å². The van der Waals surface area contributed by atoms with Crippen LogP contribution < -0.4 is 16.4 Å². The molecule has 0 aliphatic rings. The Kier molecular flexibility index (Phi) is 9.45. The molecule has 2 rings (SSSR count). The number of benzene rings is 2. The number of rotatable bonds is 10. The molecule has 0 aliphatic heterocycles. The van der Waals surface area contributed by atoms with E-state index in [2.05, 4.69) is 15.6 Å². The van der Waals surface area contributed by atoms with Crippen molar-refractivity contribution in [1.82, 2.24) is 5.32 Å². The maximum atomic E-state index is 14.0. The van der Waals surface area contributed by atoms with Crippen LogP contribution in [0.5, 0.6) is 0 Å². The van der Waals surface area contributed by atoms with Crippen LogP contribution in [0.15, 0.2) is 59.2 Å². The third-order valence-electron chi connectivity index (χ3n) is 4.94. The molecule has 172 valence electrons. The molecule has 7 nitrogen and oxygen atoms in total. The third-order valence-corrected chi connectivity index (χ3v) is 4.94. The zero-order valence-corrected chi connectivity index (χ0v) is 18.9. The highest BCUT2D eigenvalue weighted by Gasteiger charge is 2.33. The molecule has 0 aromatic heterocycles. The minimum atomic E-state index is -0.910. The van der Waals surface area contributed by atoms with E-state index in [4.69, 9.17) is 11.0 Å². The fraction of sp³-hybridized carbons (Fsp3) is 0.280. The third kappa shape index (κ3) is 6.82. The molecule has 4 N–H and O–H groups in total.